The Morgan fingerprint density at radius 3 is 2.65 bits per heavy atom. The Morgan fingerprint density at radius 1 is 1.30 bits per heavy atom. The number of hydrogen-bond donors (Lipinski definition) is 0. The van der Waals surface area contributed by atoms with Crippen molar-refractivity contribution >= 4 is 22.4 Å². The minimum atomic E-state index is 0.180. The van der Waals surface area contributed by atoms with E-state index in [4.69, 9.17) is 0 Å². The highest BCUT2D eigenvalue weighted by Gasteiger charge is 2.32. The molecule has 1 aliphatic carbocycles. The molecule has 5 heteroatoms. The first-order chi connectivity index (χ1) is 11.1. The van der Waals surface area contributed by atoms with Crippen LogP contribution >= 0.6 is 11.3 Å². The van der Waals surface area contributed by atoms with Gasteiger partial charge < -0.3 is 0 Å². The summed E-state index contributed by atoms with van der Waals surface area (Å²) in [5.41, 5.74) is 2.27. The maximum Gasteiger partial charge on any atom is 0.231 e. The van der Waals surface area contributed by atoms with Gasteiger partial charge in [-0.2, -0.15) is 0 Å². The molecule has 1 aromatic heterocycles. The number of carbonyl (C=O) groups excluding carboxylic acids is 1. The van der Waals surface area contributed by atoms with Crippen molar-refractivity contribution in [2.45, 2.75) is 40.0 Å². The van der Waals surface area contributed by atoms with Crippen LogP contribution in [0.1, 0.15) is 38.7 Å². The number of aromatic nitrogens is 2. The fourth-order valence-corrected chi connectivity index (χ4v) is 3.70. The summed E-state index contributed by atoms with van der Waals surface area (Å²) in [6.45, 7) is 7.04. The molecule has 1 heterocycles. The first kappa shape index (κ1) is 16.1. The van der Waals surface area contributed by atoms with Crippen LogP contribution in [0.3, 0.4) is 0 Å². The smallest absolute Gasteiger partial charge is 0.231 e. The number of hydrogen-bond acceptors (Lipinski definition) is 4. The third-order valence-electron chi connectivity index (χ3n) is 4.29. The first-order valence-corrected chi connectivity index (χ1v) is 9.08. The summed E-state index contributed by atoms with van der Waals surface area (Å²) in [7, 11) is 0. The molecule has 1 aromatic carbocycles. The first-order valence-electron chi connectivity index (χ1n) is 8.27. The quantitative estimate of drug-likeness (QED) is 0.821. The second-order valence-corrected chi connectivity index (χ2v) is 7.63. The van der Waals surface area contributed by atoms with Crippen molar-refractivity contribution < 1.29 is 4.79 Å². The van der Waals surface area contributed by atoms with Crippen LogP contribution in [0.2, 0.25) is 0 Å². The third kappa shape index (κ3) is 3.44. The van der Waals surface area contributed by atoms with Crippen molar-refractivity contribution in [1.29, 1.82) is 0 Å². The molecule has 1 saturated carbocycles. The van der Waals surface area contributed by atoms with E-state index in [0.29, 0.717) is 12.5 Å². The molecule has 3 rings (SSSR count). The van der Waals surface area contributed by atoms with Gasteiger partial charge in [0.2, 0.25) is 11.0 Å². The van der Waals surface area contributed by atoms with E-state index in [-0.39, 0.29) is 11.8 Å². The van der Waals surface area contributed by atoms with Crippen LogP contribution < -0.4 is 4.90 Å². The van der Waals surface area contributed by atoms with Crippen molar-refractivity contribution in [3.8, 4) is 10.6 Å². The van der Waals surface area contributed by atoms with Crippen molar-refractivity contribution in [1.82, 2.24) is 10.2 Å². The maximum absolute atomic E-state index is 12.7. The molecular weight excluding hydrogens is 306 g/mol. The lowest BCUT2D eigenvalue weighted by Gasteiger charge is -2.30. The Balaban J connectivity index is 1.88. The summed E-state index contributed by atoms with van der Waals surface area (Å²) in [5, 5.41) is 10.3. The van der Waals surface area contributed by atoms with Crippen molar-refractivity contribution in [2.24, 2.45) is 11.8 Å². The molecule has 0 atom stereocenters. The fourth-order valence-electron chi connectivity index (χ4n) is 2.75. The van der Waals surface area contributed by atoms with E-state index in [1.54, 1.807) is 0 Å². The van der Waals surface area contributed by atoms with Crippen LogP contribution in [-0.2, 0) is 4.79 Å². The highest BCUT2D eigenvalue weighted by molar-refractivity contribution is 7.18. The Hall–Kier alpha value is -1.75. The number of aryl methyl sites for hydroxylation is 1. The number of rotatable bonds is 5. The molecule has 122 valence electrons. The predicted octanol–water partition coefficient (Wildman–Crippen LogP) is 4.30. The van der Waals surface area contributed by atoms with E-state index in [1.807, 2.05) is 17.0 Å². The third-order valence-corrected chi connectivity index (χ3v) is 5.27. The van der Waals surface area contributed by atoms with Crippen molar-refractivity contribution in [2.75, 3.05) is 11.4 Å². The summed E-state index contributed by atoms with van der Waals surface area (Å²) in [5.74, 6) is 0.807. The second kappa shape index (κ2) is 6.79. The van der Waals surface area contributed by atoms with Gasteiger partial charge in [0.05, 0.1) is 0 Å². The van der Waals surface area contributed by atoms with Crippen molar-refractivity contribution in [3.05, 3.63) is 29.8 Å². The van der Waals surface area contributed by atoms with Gasteiger partial charge in [-0.1, -0.05) is 55.9 Å². The molecule has 0 aliphatic heterocycles. The van der Waals surface area contributed by atoms with Crippen LogP contribution in [0, 0.1) is 18.8 Å². The summed E-state index contributed by atoms with van der Waals surface area (Å²) in [6, 6.07) is 8.16. The lowest BCUT2D eigenvalue weighted by molar-refractivity contribution is -0.124. The van der Waals surface area contributed by atoms with Crippen LogP contribution in [0.5, 0.6) is 0 Å². The summed E-state index contributed by atoms with van der Waals surface area (Å²) >= 11 is 1.51. The molecule has 0 radical (unpaired) electrons. The van der Waals surface area contributed by atoms with E-state index in [2.05, 4.69) is 43.1 Å². The lowest BCUT2D eigenvalue weighted by atomic mass is 9.84. The zero-order valence-electron chi connectivity index (χ0n) is 14.0. The lowest BCUT2D eigenvalue weighted by Crippen LogP contribution is -2.41. The minimum absolute atomic E-state index is 0.180. The Morgan fingerprint density at radius 2 is 2.04 bits per heavy atom. The van der Waals surface area contributed by atoms with E-state index in [9.17, 15) is 4.79 Å². The molecule has 2 aromatic rings. The normalized spacial score (nSPS) is 14.8. The zero-order valence-corrected chi connectivity index (χ0v) is 14.8. The van der Waals surface area contributed by atoms with Crippen LogP contribution in [0.25, 0.3) is 10.6 Å². The maximum atomic E-state index is 12.7. The van der Waals surface area contributed by atoms with Crippen LogP contribution in [0.4, 0.5) is 5.13 Å². The fraction of sp³-hybridized carbons (Fsp3) is 0.500. The molecule has 0 bridgehead atoms. The largest absolute Gasteiger partial charge is 0.286 e. The van der Waals surface area contributed by atoms with Crippen LogP contribution in [-0.4, -0.2) is 22.6 Å². The van der Waals surface area contributed by atoms with Gasteiger partial charge in [0.15, 0.2) is 0 Å². The van der Waals surface area contributed by atoms with Gasteiger partial charge in [-0.05, 0) is 31.2 Å². The minimum Gasteiger partial charge on any atom is -0.286 e. The summed E-state index contributed by atoms with van der Waals surface area (Å²) in [4.78, 5) is 14.6. The van der Waals surface area contributed by atoms with Gasteiger partial charge in [-0.25, -0.2) is 0 Å². The molecule has 0 unspecified atom stereocenters. The Labute approximate surface area is 141 Å². The predicted molar refractivity (Wildman–Crippen MR) is 94.6 cm³/mol. The monoisotopic (exact) mass is 329 g/mol. The van der Waals surface area contributed by atoms with E-state index in [0.717, 1.165) is 35.0 Å². The van der Waals surface area contributed by atoms with Gasteiger partial charge in [0, 0.05) is 18.0 Å². The SMILES string of the molecule is Cc1ccccc1-c1nnc(N(CC(C)C)C(=O)C2CCC2)s1. The summed E-state index contributed by atoms with van der Waals surface area (Å²) in [6.07, 6.45) is 3.18. The van der Waals surface area contributed by atoms with E-state index < -0.39 is 0 Å². The highest BCUT2D eigenvalue weighted by atomic mass is 32.1. The van der Waals surface area contributed by atoms with E-state index in [1.165, 1.54) is 16.9 Å². The topological polar surface area (TPSA) is 46.1 Å². The molecule has 4 nitrogen and oxygen atoms in total. The average Bonchev–Trinajstić information content (AvgIpc) is 2.92. The molecule has 0 N–H and O–H groups in total. The van der Waals surface area contributed by atoms with Crippen LogP contribution in [0.15, 0.2) is 24.3 Å². The van der Waals surface area contributed by atoms with Gasteiger partial charge in [-0.3, -0.25) is 9.69 Å². The van der Waals surface area contributed by atoms with Gasteiger partial charge in [0.25, 0.3) is 0 Å². The zero-order chi connectivity index (χ0) is 16.4. The second-order valence-electron chi connectivity index (χ2n) is 6.68. The van der Waals surface area contributed by atoms with Gasteiger partial charge >= 0.3 is 0 Å². The van der Waals surface area contributed by atoms with E-state index >= 15 is 0 Å². The molecule has 23 heavy (non-hydrogen) atoms. The number of amides is 1. The highest BCUT2D eigenvalue weighted by Crippen LogP contribution is 2.34. The number of anilines is 1. The van der Waals surface area contributed by atoms with Gasteiger partial charge in [-0.15, -0.1) is 10.2 Å². The molecule has 0 saturated heterocycles. The molecular formula is C18H23N3OS. The molecule has 1 aliphatic rings. The molecule has 0 spiro atoms. The standard InChI is InChI=1S/C18H23N3OS/c1-12(2)11-21(17(22)14-8-6-9-14)18-20-19-16(23-18)15-10-5-4-7-13(15)3/h4-5,7,10,12,14H,6,8-9,11H2,1-3H3. The molecule has 1 fully saturated rings. The number of carbonyl (C=O) groups is 1. The van der Waals surface area contributed by atoms with Crippen molar-refractivity contribution in [3.63, 3.8) is 0 Å². The average molecular weight is 329 g/mol. The summed E-state index contributed by atoms with van der Waals surface area (Å²) < 4.78 is 0. The molecule has 1 amide bonds. The Kier molecular flexibility index (Phi) is 4.76. The number of benzene rings is 1. The van der Waals surface area contributed by atoms with Gasteiger partial charge in [0.1, 0.15) is 5.01 Å². The Bertz CT molecular complexity index is 691. The number of nitrogens with zero attached hydrogens (tertiary/aromatic N) is 3.